The number of nitrogens with zero attached hydrogens (tertiary/aromatic N) is 4. The minimum Gasteiger partial charge on any atom is -0.495 e. The first kappa shape index (κ1) is 25.2. The average Bonchev–Trinajstić information content (AvgIpc) is 3.26. The van der Waals surface area contributed by atoms with Crippen LogP contribution in [0.3, 0.4) is 0 Å². The minimum absolute atomic E-state index is 0.0533. The smallest absolute Gasteiger partial charge is 0.451 e. The van der Waals surface area contributed by atoms with Crippen LogP contribution in [-0.2, 0) is 22.3 Å². The van der Waals surface area contributed by atoms with Gasteiger partial charge in [0.15, 0.2) is 0 Å². The maximum atomic E-state index is 12.8. The summed E-state index contributed by atoms with van der Waals surface area (Å²) in [6.07, 6.45) is -0.544. The number of methoxy groups -OCH3 is 1. The van der Waals surface area contributed by atoms with Crippen molar-refractivity contribution in [3.8, 4) is 17.0 Å². The first-order chi connectivity index (χ1) is 15.9. The van der Waals surface area contributed by atoms with E-state index in [1.165, 1.54) is 18.2 Å². The molecule has 1 aliphatic heterocycles. The summed E-state index contributed by atoms with van der Waals surface area (Å²) < 4.78 is 48.8. The number of alkyl halides is 3. The third-order valence-corrected chi connectivity index (χ3v) is 5.01. The number of carbonyl (C=O) groups is 2. The summed E-state index contributed by atoms with van der Waals surface area (Å²) in [5.74, 6) is -1.21. The van der Waals surface area contributed by atoms with Crippen LogP contribution in [0.1, 0.15) is 45.0 Å². The monoisotopic (exact) mass is 481 g/mol. The maximum absolute atomic E-state index is 12.8. The van der Waals surface area contributed by atoms with E-state index in [4.69, 9.17) is 9.47 Å². The third kappa shape index (κ3) is 6.12. The third-order valence-electron chi connectivity index (χ3n) is 5.01. The van der Waals surface area contributed by atoms with Crippen molar-refractivity contribution in [2.45, 2.75) is 58.0 Å². The molecule has 3 heterocycles. The standard InChI is InChI=1S/C22H26F3N5O4/c1-21(2,3)34-20(32)30-7-5-6-16(30)18(31)27-9-13-8-15(26-12-17(13)33-4)14-10-28-19(29-11-14)22(23,24)25/h8,10-12,16H,5-7,9H2,1-4H3,(H,27,31). The fourth-order valence-electron chi connectivity index (χ4n) is 3.45. The predicted molar refractivity (Wildman–Crippen MR) is 115 cm³/mol. The fraction of sp³-hybridized carbons (Fsp3) is 0.500. The zero-order valence-electron chi connectivity index (χ0n) is 19.3. The van der Waals surface area contributed by atoms with E-state index >= 15 is 0 Å². The fourth-order valence-corrected chi connectivity index (χ4v) is 3.45. The van der Waals surface area contributed by atoms with E-state index in [1.807, 2.05) is 0 Å². The molecule has 0 bridgehead atoms. The quantitative estimate of drug-likeness (QED) is 0.696. The minimum atomic E-state index is -4.64. The highest BCUT2D eigenvalue weighted by molar-refractivity contribution is 5.86. The molecule has 1 aliphatic rings. The van der Waals surface area contributed by atoms with Gasteiger partial charge in [-0.15, -0.1) is 0 Å². The van der Waals surface area contributed by atoms with Crippen molar-refractivity contribution in [2.75, 3.05) is 13.7 Å². The van der Waals surface area contributed by atoms with E-state index in [0.29, 0.717) is 36.4 Å². The second-order valence-electron chi connectivity index (χ2n) is 8.72. The summed E-state index contributed by atoms with van der Waals surface area (Å²) in [7, 11) is 1.43. The Morgan fingerprint density at radius 1 is 1.15 bits per heavy atom. The number of hydrogen-bond donors (Lipinski definition) is 1. The molecule has 2 aromatic heterocycles. The topological polar surface area (TPSA) is 107 Å². The molecule has 3 rings (SSSR count). The molecule has 0 spiro atoms. The Labute approximate surface area is 194 Å². The van der Waals surface area contributed by atoms with Crippen LogP contribution < -0.4 is 10.1 Å². The number of carbonyl (C=O) groups excluding carboxylic acids is 2. The van der Waals surface area contributed by atoms with Crippen LogP contribution in [0.25, 0.3) is 11.3 Å². The number of likely N-dealkylation sites (tertiary alicyclic amines) is 1. The number of aromatic nitrogens is 3. The molecule has 0 radical (unpaired) electrons. The molecule has 1 atom stereocenters. The van der Waals surface area contributed by atoms with E-state index in [2.05, 4.69) is 20.3 Å². The molecule has 1 saturated heterocycles. The maximum Gasteiger partial charge on any atom is 0.451 e. The first-order valence-corrected chi connectivity index (χ1v) is 10.6. The number of hydrogen-bond acceptors (Lipinski definition) is 7. The van der Waals surface area contributed by atoms with Gasteiger partial charge in [-0.05, 0) is 39.7 Å². The molecule has 1 N–H and O–H groups in total. The lowest BCUT2D eigenvalue weighted by atomic mass is 10.1. The van der Waals surface area contributed by atoms with Gasteiger partial charge in [-0.3, -0.25) is 14.7 Å². The van der Waals surface area contributed by atoms with Crippen molar-refractivity contribution in [3.05, 3.63) is 36.0 Å². The molecular formula is C22H26F3N5O4. The van der Waals surface area contributed by atoms with Gasteiger partial charge in [0.25, 0.3) is 0 Å². The molecule has 1 fully saturated rings. The molecule has 0 aliphatic carbocycles. The molecule has 2 amide bonds. The molecule has 184 valence electrons. The first-order valence-electron chi connectivity index (χ1n) is 10.6. The lowest BCUT2D eigenvalue weighted by molar-refractivity contribution is -0.145. The van der Waals surface area contributed by atoms with Crippen LogP contribution in [0.4, 0.5) is 18.0 Å². The van der Waals surface area contributed by atoms with E-state index in [-0.39, 0.29) is 18.0 Å². The van der Waals surface area contributed by atoms with Gasteiger partial charge < -0.3 is 14.8 Å². The summed E-state index contributed by atoms with van der Waals surface area (Å²) in [5.41, 5.74) is 0.455. The van der Waals surface area contributed by atoms with Crippen LogP contribution in [0.2, 0.25) is 0 Å². The Balaban J connectivity index is 1.72. The van der Waals surface area contributed by atoms with Crippen molar-refractivity contribution in [2.24, 2.45) is 0 Å². The number of nitrogens with one attached hydrogen (secondary N) is 1. The molecule has 9 nitrogen and oxygen atoms in total. The van der Waals surface area contributed by atoms with E-state index < -0.39 is 29.7 Å². The zero-order chi connectivity index (χ0) is 25.1. The van der Waals surface area contributed by atoms with Crippen molar-refractivity contribution in [3.63, 3.8) is 0 Å². The number of amides is 2. The summed E-state index contributed by atoms with van der Waals surface area (Å²) in [5, 5.41) is 2.79. The number of ether oxygens (including phenoxy) is 2. The number of rotatable bonds is 5. The normalized spacial score (nSPS) is 16.3. The Morgan fingerprint density at radius 2 is 1.82 bits per heavy atom. The SMILES string of the molecule is COc1cnc(-c2cnc(C(F)(F)F)nc2)cc1CNC(=O)C1CCCN1C(=O)OC(C)(C)C. The van der Waals surface area contributed by atoms with E-state index in [0.717, 1.165) is 12.4 Å². The number of halogens is 3. The second-order valence-corrected chi connectivity index (χ2v) is 8.72. The van der Waals surface area contributed by atoms with Gasteiger partial charge in [0.1, 0.15) is 17.4 Å². The van der Waals surface area contributed by atoms with Gasteiger partial charge in [-0.1, -0.05) is 0 Å². The summed E-state index contributed by atoms with van der Waals surface area (Å²) >= 11 is 0. The molecule has 0 aromatic carbocycles. The van der Waals surface area contributed by atoms with Gasteiger partial charge in [-0.25, -0.2) is 14.8 Å². The average molecular weight is 481 g/mol. The second kappa shape index (κ2) is 9.82. The van der Waals surface area contributed by atoms with Crippen LogP contribution in [-0.4, -0.2) is 57.1 Å². The van der Waals surface area contributed by atoms with E-state index in [9.17, 15) is 22.8 Å². The van der Waals surface area contributed by atoms with Crippen LogP contribution in [0.5, 0.6) is 5.75 Å². The number of pyridine rings is 1. The van der Waals surface area contributed by atoms with Crippen LogP contribution in [0, 0.1) is 0 Å². The lowest BCUT2D eigenvalue weighted by Crippen LogP contribution is -2.47. The van der Waals surface area contributed by atoms with Gasteiger partial charge in [0.05, 0.1) is 19.0 Å². The van der Waals surface area contributed by atoms with Crippen LogP contribution in [0.15, 0.2) is 24.7 Å². The van der Waals surface area contributed by atoms with E-state index in [1.54, 1.807) is 26.8 Å². The van der Waals surface area contributed by atoms with Crippen molar-refractivity contribution >= 4 is 12.0 Å². The van der Waals surface area contributed by atoms with Gasteiger partial charge in [0, 0.05) is 36.6 Å². The van der Waals surface area contributed by atoms with Crippen molar-refractivity contribution in [1.29, 1.82) is 0 Å². The molecule has 0 saturated carbocycles. The van der Waals surface area contributed by atoms with Crippen molar-refractivity contribution in [1.82, 2.24) is 25.2 Å². The summed E-state index contributed by atoms with van der Waals surface area (Å²) in [6, 6.07) is 0.913. The largest absolute Gasteiger partial charge is 0.495 e. The molecule has 1 unspecified atom stereocenters. The Morgan fingerprint density at radius 3 is 2.41 bits per heavy atom. The van der Waals surface area contributed by atoms with Gasteiger partial charge >= 0.3 is 12.3 Å². The summed E-state index contributed by atoms with van der Waals surface area (Å²) in [6.45, 7) is 5.74. The highest BCUT2D eigenvalue weighted by Gasteiger charge is 2.37. The Kier molecular flexibility index (Phi) is 7.27. The summed E-state index contributed by atoms with van der Waals surface area (Å²) in [4.78, 5) is 37.6. The van der Waals surface area contributed by atoms with Gasteiger partial charge in [-0.2, -0.15) is 13.2 Å². The Hall–Kier alpha value is -3.44. The molecule has 12 heteroatoms. The van der Waals surface area contributed by atoms with Crippen LogP contribution >= 0.6 is 0 Å². The lowest BCUT2D eigenvalue weighted by Gasteiger charge is -2.28. The predicted octanol–water partition coefficient (Wildman–Crippen LogP) is 3.58. The van der Waals surface area contributed by atoms with Gasteiger partial charge in [0.2, 0.25) is 11.7 Å². The Bertz CT molecular complexity index is 1040. The zero-order valence-corrected chi connectivity index (χ0v) is 19.3. The van der Waals surface area contributed by atoms with Crippen molar-refractivity contribution < 1.29 is 32.2 Å². The molecular weight excluding hydrogens is 455 g/mol. The highest BCUT2D eigenvalue weighted by Crippen LogP contribution is 2.28. The molecule has 2 aromatic rings. The molecule has 34 heavy (non-hydrogen) atoms. The highest BCUT2D eigenvalue weighted by atomic mass is 19.4.